The number of nitrogens with one attached hydrogen (secondary N) is 1. The molecule has 0 aromatic heterocycles. The van der Waals surface area contributed by atoms with Crippen LogP contribution >= 0.6 is 11.8 Å². The Morgan fingerprint density at radius 3 is 2.71 bits per heavy atom. The van der Waals surface area contributed by atoms with Crippen molar-refractivity contribution in [1.82, 2.24) is 0 Å². The van der Waals surface area contributed by atoms with Crippen LogP contribution in [0.15, 0.2) is 29.2 Å². The average molecular weight is 210 g/mol. The molecular formula is C11H18N2S. The molecule has 2 nitrogen and oxygen atoms in total. The van der Waals surface area contributed by atoms with Gasteiger partial charge < -0.3 is 11.1 Å². The summed E-state index contributed by atoms with van der Waals surface area (Å²) in [6, 6.07) is 8.35. The van der Waals surface area contributed by atoms with Crippen molar-refractivity contribution in [2.45, 2.75) is 24.3 Å². The van der Waals surface area contributed by atoms with E-state index in [9.17, 15) is 0 Å². The number of nitrogens with two attached hydrogens (primary N) is 1. The Balaban J connectivity index is 2.59. The molecule has 0 aliphatic carbocycles. The van der Waals surface area contributed by atoms with Crippen molar-refractivity contribution in [3.8, 4) is 0 Å². The molecule has 0 spiro atoms. The van der Waals surface area contributed by atoms with Crippen LogP contribution < -0.4 is 11.1 Å². The van der Waals surface area contributed by atoms with Gasteiger partial charge in [-0.25, -0.2) is 0 Å². The van der Waals surface area contributed by atoms with Crippen molar-refractivity contribution in [1.29, 1.82) is 0 Å². The highest BCUT2D eigenvalue weighted by Gasteiger charge is 2.09. The molecule has 0 saturated heterocycles. The molecule has 1 aromatic rings. The fourth-order valence-electron chi connectivity index (χ4n) is 1.06. The minimum absolute atomic E-state index is 0.171. The Labute approximate surface area is 90.3 Å². The van der Waals surface area contributed by atoms with Crippen LogP contribution in [-0.2, 0) is 0 Å². The molecule has 0 fully saturated rings. The second-order valence-electron chi connectivity index (χ2n) is 4.07. The van der Waals surface area contributed by atoms with E-state index in [1.54, 1.807) is 11.8 Å². The van der Waals surface area contributed by atoms with Gasteiger partial charge in [-0.3, -0.25) is 0 Å². The first-order chi connectivity index (χ1) is 6.51. The second kappa shape index (κ2) is 4.71. The van der Waals surface area contributed by atoms with E-state index in [2.05, 4.69) is 35.8 Å². The smallest absolute Gasteiger partial charge is 0.0352 e. The lowest BCUT2D eigenvalue weighted by Crippen LogP contribution is -2.39. The van der Waals surface area contributed by atoms with Crippen molar-refractivity contribution >= 4 is 17.4 Å². The van der Waals surface area contributed by atoms with Gasteiger partial charge in [0.05, 0.1) is 0 Å². The quantitative estimate of drug-likeness (QED) is 0.750. The first-order valence-corrected chi connectivity index (χ1v) is 5.90. The van der Waals surface area contributed by atoms with Crippen LogP contribution in [-0.4, -0.2) is 18.3 Å². The molecule has 0 bridgehead atoms. The summed E-state index contributed by atoms with van der Waals surface area (Å²) in [6.07, 6.45) is 2.08. The molecule has 0 saturated carbocycles. The largest absolute Gasteiger partial charge is 0.383 e. The predicted molar refractivity (Wildman–Crippen MR) is 65.0 cm³/mol. The lowest BCUT2D eigenvalue weighted by Gasteiger charge is -2.19. The molecule has 0 unspecified atom stereocenters. The minimum atomic E-state index is -0.171. The van der Waals surface area contributed by atoms with Crippen LogP contribution in [0.3, 0.4) is 0 Å². The van der Waals surface area contributed by atoms with E-state index in [0.29, 0.717) is 0 Å². The molecule has 1 rings (SSSR count). The maximum absolute atomic E-state index is 5.89. The Bertz CT molecular complexity index is 292. The second-order valence-corrected chi connectivity index (χ2v) is 4.95. The molecule has 1 aromatic carbocycles. The monoisotopic (exact) mass is 210 g/mol. The Hall–Kier alpha value is -0.670. The number of thioether (sulfide) groups is 1. The molecule has 0 aliphatic heterocycles. The molecule has 14 heavy (non-hydrogen) atoms. The first kappa shape index (κ1) is 11.4. The molecule has 0 heterocycles. The highest BCUT2D eigenvalue weighted by Crippen LogP contribution is 2.19. The van der Waals surface area contributed by atoms with Crippen molar-refractivity contribution < 1.29 is 0 Å². The molecule has 0 radical (unpaired) electrons. The third-order valence-electron chi connectivity index (χ3n) is 1.82. The van der Waals surface area contributed by atoms with E-state index < -0.39 is 0 Å². The first-order valence-electron chi connectivity index (χ1n) is 4.68. The highest BCUT2D eigenvalue weighted by atomic mass is 32.2. The fraction of sp³-hybridized carbons (Fsp3) is 0.455. The van der Waals surface area contributed by atoms with Gasteiger partial charge in [0.2, 0.25) is 0 Å². The zero-order valence-electron chi connectivity index (χ0n) is 9.00. The number of rotatable bonds is 4. The summed E-state index contributed by atoms with van der Waals surface area (Å²) in [5.41, 5.74) is 6.85. The molecule has 0 amide bonds. The van der Waals surface area contributed by atoms with E-state index in [4.69, 9.17) is 5.73 Å². The number of hydrogen-bond donors (Lipinski definition) is 2. The van der Waals surface area contributed by atoms with E-state index >= 15 is 0 Å². The normalized spacial score (nSPS) is 11.4. The maximum atomic E-state index is 5.89. The van der Waals surface area contributed by atoms with Crippen LogP contribution in [0.25, 0.3) is 0 Å². The summed E-state index contributed by atoms with van der Waals surface area (Å²) in [5, 5.41) is 3.32. The lowest BCUT2D eigenvalue weighted by molar-refractivity contribution is 0.549. The van der Waals surface area contributed by atoms with Gasteiger partial charge in [-0.05, 0) is 38.3 Å². The summed E-state index contributed by atoms with van der Waals surface area (Å²) >= 11 is 1.75. The molecular weight excluding hydrogens is 192 g/mol. The predicted octanol–water partition coefficient (Wildman–Crippen LogP) is 2.56. The number of benzene rings is 1. The third-order valence-corrected chi connectivity index (χ3v) is 2.54. The Kier molecular flexibility index (Phi) is 3.84. The molecule has 78 valence electrons. The van der Waals surface area contributed by atoms with Gasteiger partial charge in [-0.15, -0.1) is 11.8 Å². The van der Waals surface area contributed by atoms with E-state index in [0.717, 1.165) is 12.2 Å². The van der Waals surface area contributed by atoms with Crippen LogP contribution in [0.4, 0.5) is 5.69 Å². The van der Waals surface area contributed by atoms with Crippen LogP contribution in [0.5, 0.6) is 0 Å². The SMILES string of the molecule is CSc1cccc(NCC(C)(C)N)c1. The summed E-state index contributed by atoms with van der Waals surface area (Å²) < 4.78 is 0. The Morgan fingerprint density at radius 2 is 2.14 bits per heavy atom. The highest BCUT2D eigenvalue weighted by molar-refractivity contribution is 7.98. The van der Waals surface area contributed by atoms with Crippen LogP contribution in [0, 0.1) is 0 Å². The lowest BCUT2D eigenvalue weighted by atomic mass is 10.1. The summed E-state index contributed by atoms with van der Waals surface area (Å²) in [5.74, 6) is 0. The molecule has 0 atom stereocenters. The van der Waals surface area contributed by atoms with Gasteiger partial charge in [0, 0.05) is 22.7 Å². The minimum Gasteiger partial charge on any atom is -0.383 e. The summed E-state index contributed by atoms with van der Waals surface area (Å²) in [7, 11) is 0. The average Bonchev–Trinajstić information content (AvgIpc) is 2.14. The fourth-order valence-corrected chi connectivity index (χ4v) is 1.52. The van der Waals surface area contributed by atoms with E-state index in [1.165, 1.54) is 4.90 Å². The van der Waals surface area contributed by atoms with Crippen molar-refractivity contribution in [2.24, 2.45) is 5.73 Å². The maximum Gasteiger partial charge on any atom is 0.0352 e. The topological polar surface area (TPSA) is 38.0 Å². The molecule has 0 aliphatic rings. The third kappa shape index (κ3) is 4.03. The number of hydrogen-bond acceptors (Lipinski definition) is 3. The van der Waals surface area contributed by atoms with Crippen LogP contribution in [0.1, 0.15) is 13.8 Å². The zero-order chi connectivity index (χ0) is 10.6. The van der Waals surface area contributed by atoms with Gasteiger partial charge in [0.25, 0.3) is 0 Å². The van der Waals surface area contributed by atoms with Gasteiger partial charge in [0.15, 0.2) is 0 Å². The van der Waals surface area contributed by atoms with Crippen molar-refractivity contribution in [2.75, 3.05) is 18.1 Å². The molecule has 3 heteroatoms. The Morgan fingerprint density at radius 1 is 1.43 bits per heavy atom. The number of anilines is 1. The van der Waals surface area contributed by atoms with Crippen LogP contribution in [0.2, 0.25) is 0 Å². The summed E-state index contributed by atoms with van der Waals surface area (Å²) in [6.45, 7) is 4.81. The van der Waals surface area contributed by atoms with Crippen molar-refractivity contribution in [3.63, 3.8) is 0 Å². The van der Waals surface area contributed by atoms with Gasteiger partial charge >= 0.3 is 0 Å². The van der Waals surface area contributed by atoms with Crippen molar-refractivity contribution in [3.05, 3.63) is 24.3 Å². The van der Waals surface area contributed by atoms with E-state index in [1.807, 2.05) is 13.8 Å². The molecule has 3 N–H and O–H groups in total. The summed E-state index contributed by atoms with van der Waals surface area (Å²) in [4.78, 5) is 1.27. The van der Waals surface area contributed by atoms with Gasteiger partial charge in [0.1, 0.15) is 0 Å². The van der Waals surface area contributed by atoms with Gasteiger partial charge in [-0.1, -0.05) is 6.07 Å². The van der Waals surface area contributed by atoms with Gasteiger partial charge in [-0.2, -0.15) is 0 Å². The standard InChI is InChI=1S/C11H18N2S/c1-11(2,12)8-13-9-5-4-6-10(7-9)14-3/h4-7,13H,8,12H2,1-3H3. The zero-order valence-corrected chi connectivity index (χ0v) is 9.82. The van der Waals surface area contributed by atoms with E-state index in [-0.39, 0.29) is 5.54 Å².